The Balaban J connectivity index is 1.60. The first-order valence-electron chi connectivity index (χ1n) is 10.1. The lowest BCUT2D eigenvalue weighted by molar-refractivity contribution is -0.130. The standard InChI is InChI=1S/C25H17ClN2O5/c26-16-6-9-19-15(11-16)12-20(33-19)23(30)21-22(14-4-7-18(29)8-5-14)28(25(32)24(21)31)13-17-3-1-2-10-27-17/h1-12,22,29,31H,13H2. The molecule has 33 heavy (non-hydrogen) atoms. The number of aliphatic hydroxyl groups excluding tert-OH is 1. The van der Waals surface area contributed by atoms with Crippen molar-refractivity contribution in [2.24, 2.45) is 0 Å². The summed E-state index contributed by atoms with van der Waals surface area (Å²) in [6.07, 6.45) is 1.60. The van der Waals surface area contributed by atoms with E-state index in [-0.39, 0.29) is 23.6 Å². The van der Waals surface area contributed by atoms with Crippen molar-refractivity contribution >= 4 is 34.3 Å². The van der Waals surface area contributed by atoms with Gasteiger partial charge in [-0.1, -0.05) is 29.8 Å². The number of hydrogen-bond acceptors (Lipinski definition) is 6. The minimum Gasteiger partial charge on any atom is -0.508 e. The van der Waals surface area contributed by atoms with Gasteiger partial charge in [0.15, 0.2) is 11.5 Å². The number of phenols is 1. The van der Waals surface area contributed by atoms with Crippen molar-refractivity contribution in [3.63, 3.8) is 0 Å². The predicted molar refractivity (Wildman–Crippen MR) is 121 cm³/mol. The van der Waals surface area contributed by atoms with Crippen molar-refractivity contribution in [3.05, 3.63) is 106 Å². The van der Waals surface area contributed by atoms with Gasteiger partial charge in [-0.2, -0.15) is 0 Å². The highest BCUT2D eigenvalue weighted by molar-refractivity contribution is 6.31. The molecule has 7 nitrogen and oxygen atoms in total. The number of hydrogen-bond donors (Lipinski definition) is 2. The Bertz CT molecular complexity index is 1410. The largest absolute Gasteiger partial charge is 0.508 e. The lowest BCUT2D eigenvalue weighted by Crippen LogP contribution is -2.31. The molecule has 1 aliphatic heterocycles. The number of carbonyl (C=O) groups excluding carboxylic acids is 2. The van der Waals surface area contributed by atoms with E-state index in [1.54, 1.807) is 54.7 Å². The van der Waals surface area contributed by atoms with Crippen LogP contribution < -0.4 is 0 Å². The highest BCUT2D eigenvalue weighted by Gasteiger charge is 2.44. The Kier molecular flexibility index (Phi) is 5.11. The molecule has 2 aromatic heterocycles. The van der Waals surface area contributed by atoms with Gasteiger partial charge in [0.2, 0.25) is 5.78 Å². The van der Waals surface area contributed by atoms with Crippen molar-refractivity contribution in [3.8, 4) is 5.75 Å². The third-order valence-electron chi connectivity index (χ3n) is 5.52. The minimum absolute atomic E-state index is 0.0231. The average Bonchev–Trinajstić information content (AvgIpc) is 3.34. The number of aromatic nitrogens is 1. The molecular weight excluding hydrogens is 444 g/mol. The Hall–Kier alpha value is -4.10. The number of aliphatic hydroxyl groups is 1. The fourth-order valence-electron chi connectivity index (χ4n) is 3.98. The van der Waals surface area contributed by atoms with E-state index in [4.69, 9.17) is 16.0 Å². The molecule has 0 fully saturated rings. The molecule has 2 aromatic carbocycles. The molecule has 1 unspecified atom stereocenters. The summed E-state index contributed by atoms with van der Waals surface area (Å²) in [7, 11) is 0. The van der Waals surface area contributed by atoms with Crippen LogP contribution in [-0.2, 0) is 11.3 Å². The number of carbonyl (C=O) groups is 2. The summed E-state index contributed by atoms with van der Waals surface area (Å²) < 4.78 is 5.70. The Morgan fingerprint density at radius 3 is 2.58 bits per heavy atom. The Labute approximate surface area is 193 Å². The molecule has 3 heterocycles. The Morgan fingerprint density at radius 1 is 1.06 bits per heavy atom. The van der Waals surface area contributed by atoms with Crippen LogP contribution in [-0.4, -0.2) is 31.8 Å². The number of rotatable bonds is 5. The Morgan fingerprint density at radius 2 is 1.85 bits per heavy atom. The van der Waals surface area contributed by atoms with Crippen LogP contribution in [0.25, 0.3) is 11.0 Å². The van der Waals surface area contributed by atoms with E-state index < -0.39 is 23.5 Å². The van der Waals surface area contributed by atoms with Crippen molar-refractivity contribution in [1.82, 2.24) is 9.88 Å². The van der Waals surface area contributed by atoms with Gasteiger partial charge in [0.25, 0.3) is 5.91 Å². The first-order chi connectivity index (χ1) is 15.9. The van der Waals surface area contributed by atoms with Gasteiger partial charge in [-0.05, 0) is 54.1 Å². The van der Waals surface area contributed by atoms with Crippen LogP contribution in [0.3, 0.4) is 0 Å². The van der Waals surface area contributed by atoms with Gasteiger partial charge in [-0.25, -0.2) is 0 Å². The number of benzene rings is 2. The molecule has 0 saturated heterocycles. The molecule has 164 valence electrons. The number of pyridine rings is 1. The maximum Gasteiger partial charge on any atom is 0.290 e. The van der Waals surface area contributed by atoms with Crippen LogP contribution in [0.2, 0.25) is 5.02 Å². The third kappa shape index (κ3) is 3.72. The second kappa shape index (κ2) is 8.11. The van der Waals surface area contributed by atoms with E-state index in [1.165, 1.54) is 23.1 Å². The summed E-state index contributed by atoms with van der Waals surface area (Å²) >= 11 is 6.04. The maximum atomic E-state index is 13.5. The van der Waals surface area contributed by atoms with E-state index >= 15 is 0 Å². The summed E-state index contributed by atoms with van der Waals surface area (Å²) in [6, 6.07) is 17.0. The summed E-state index contributed by atoms with van der Waals surface area (Å²) in [4.78, 5) is 32.2. The van der Waals surface area contributed by atoms with Gasteiger partial charge < -0.3 is 19.5 Å². The first-order valence-corrected chi connectivity index (χ1v) is 10.5. The molecule has 0 aliphatic carbocycles. The number of nitrogens with zero attached hydrogens (tertiary/aromatic N) is 2. The second-order valence-corrected chi connectivity index (χ2v) is 8.07. The molecule has 2 N–H and O–H groups in total. The zero-order chi connectivity index (χ0) is 23.1. The molecule has 1 amide bonds. The van der Waals surface area contributed by atoms with Gasteiger partial charge in [0, 0.05) is 16.6 Å². The number of Topliss-reactive ketones (excluding diaryl/α,β-unsaturated/α-hetero) is 1. The van der Waals surface area contributed by atoms with Gasteiger partial charge in [-0.15, -0.1) is 0 Å². The average molecular weight is 461 g/mol. The van der Waals surface area contributed by atoms with Crippen LogP contribution in [0.4, 0.5) is 0 Å². The summed E-state index contributed by atoms with van der Waals surface area (Å²) in [5.74, 6) is -1.94. The van der Waals surface area contributed by atoms with Gasteiger partial charge in [0.1, 0.15) is 11.3 Å². The number of phenolic OH excluding ortho intramolecular Hbond substituents is 1. The first kappa shape index (κ1) is 20.8. The molecule has 0 radical (unpaired) electrons. The predicted octanol–water partition coefficient (Wildman–Crippen LogP) is 4.97. The summed E-state index contributed by atoms with van der Waals surface area (Å²) in [5.41, 5.74) is 1.49. The number of furan rings is 1. The van der Waals surface area contributed by atoms with E-state index in [9.17, 15) is 19.8 Å². The molecule has 0 saturated carbocycles. The van der Waals surface area contributed by atoms with Crippen LogP contribution >= 0.6 is 11.6 Å². The van der Waals surface area contributed by atoms with Crippen molar-refractivity contribution in [2.45, 2.75) is 12.6 Å². The van der Waals surface area contributed by atoms with Crippen LogP contribution in [0.5, 0.6) is 5.75 Å². The lowest BCUT2D eigenvalue weighted by Gasteiger charge is -2.26. The highest BCUT2D eigenvalue weighted by atomic mass is 35.5. The molecule has 8 heteroatoms. The highest BCUT2D eigenvalue weighted by Crippen LogP contribution is 2.40. The second-order valence-electron chi connectivity index (χ2n) is 7.63. The molecule has 5 rings (SSSR count). The number of ketones is 1. The van der Waals surface area contributed by atoms with Crippen molar-refractivity contribution < 1.29 is 24.2 Å². The number of aromatic hydroxyl groups is 1. The van der Waals surface area contributed by atoms with Gasteiger partial charge >= 0.3 is 0 Å². The maximum absolute atomic E-state index is 13.5. The van der Waals surface area contributed by atoms with E-state index in [1.807, 2.05) is 0 Å². The molecular formula is C25H17ClN2O5. The summed E-state index contributed by atoms with van der Waals surface area (Å²) in [5, 5.41) is 21.6. The zero-order valence-corrected chi connectivity index (χ0v) is 17.9. The van der Waals surface area contributed by atoms with Crippen LogP contribution in [0.1, 0.15) is 27.9 Å². The minimum atomic E-state index is -0.899. The molecule has 1 aliphatic rings. The zero-order valence-electron chi connectivity index (χ0n) is 17.1. The fraction of sp³-hybridized carbons (Fsp3) is 0.0800. The number of amides is 1. The SMILES string of the molecule is O=C(C1=C(O)C(=O)N(Cc2ccccn2)C1c1ccc(O)cc1)c1cc2cc(Cl)ccc2o1. The van der Waals surface area contributed by atoms with Crippen LogP contribution in [0.15, 0.2) is 88.7 Å². The summed E-state index contributed by atoms with van der Waals surface area (Å²) in [6.45, 7) is 0.0712. The van der Waals surface area contributed by atoms with Crippen molar-refractivity contribution in [2.75, 3.05) is 0 Å². The topological polar surface area (TPSA) is 104 Å². The molecule has 1 atom stereocenters. The lowest BCUT2D eigenvalue weighted by atomic mass is 9.95. The smallest absolute Gasteiger partial charge is 0.290 e. The van der Waals surface area contributed by atoms with Crippen LogP contribution in [0, 0.1) is 0 Å². The number of fused-ring (bicyclic) bond motifs is 1. The number of halogens is 1. The molecule has 0 spiro atoms. The monoisotopic (exact) mass is 460 g/mol. The van der Waals surface area contributed by atoms with E-state index in [2.05, 4.69) is 4.98 Å². The fourth-order valence-corrected chi connectivity index (χ4v) is 4.16. The molecule has 0 bridgehead atoms. The third-order valence-corrected chi connectivity index (χ3v) is 5.75. The molecule has 4 aromatic rings. The van der Waals surface area contributed by atoms with Crippen molar-refractivity contribution in [1.29, 1.82) is 0 Å². The quantitative estimate of drug-likeness (QED) is 0.408. The van der Waals surface area contributed by atoms with E-state index in [0.717, 1.165) is 0 Å². The van der Waals surface area contributed by atoms with Gasteiger partial charge in [-0.3, -0.25) is 14.6 Å². The normalized spacial score (nSPS) is 16.1. The van der Waals surface area contributed by atoms with Gasteiger partial charge in [0.05, 0.1) is 23.9 Å². The van der Waals surface area contributed by atoms with E-state index in [0.29, 0.717) is 27.2 Å².